The maximum absolute atomic E-state index is 8.88. The Bertz CT molecular complexity index is 107. The molecule has 1 rings (SSSR count). The predicted octanol–water partition coefficient (Wildman–Crippen LogP) is -2.37. The summed E-state index contributed by atoms with van der Waals surface area (Å²) in [5, 5.41) is 36.3. The number of aliphatic hydroxyl groups excluding tert-OH is 2. The average molecular weight is 165 g/mol. The molecule has 0 aromatic heterocycles. The van der Waals surface area contributed by atoms with Crippen molar-refractivity contribution in [1.29, 1.82) is 0 Å². The van der Waals surface area contributed by atoms with Gasteiger partial charge in [-0.15, -0.1) is 0 Å². The summed E-state index contributed by atoms with van der Waals surface area (Å²) in [6.45, 7) is 0.590. The third kappa shape index (κ3) is 4.28. The van der Waals surface area contributed by atoms with E-state index in [0.717, 1.165) is 7.11 Å². The first-order valence-corrected chi connectivity index (χ1v) is 3.38. The molecule has 0 saturated carbocycles. The normalized spacial score (nSPS) is 28.6. The van der Waals surface area contributed by atoms with Gasteiger partial charge in [0.25, 0.3) is 0 Å². The summed E-state index contributed by atoms with van der Waals surface area (Å²) in [6, 6.07) is 0. The second-order valence-electron chi connectivity index (χ2n) is 2.47. The van der Waals surface area contributed by atoms with Crippen LogP contribution in [0.25, 0.3) is 0 Å². The first-order chi connectivity index (χ1) is 5.10. The van der Waals surface area contributed by atoms with E-state index in [0.29, 0.717) is 6.54 Å². The Labute approximate surface area is 65.3 Å². The Kier molecular flexibility index (Phi) is 4.55. The van der Waals surface area contributed by atoms with Crippen molar-refractivity contribution in [1.82, 2.24) is 5.32 Å². The molecule has 5 nitrogen and oxygen atoms in total. The highest BCUT2D eigenvalue weighted by Gasteiger charge is 2.30. The van der Waals surface area contributed by atoms with Gasteiger partial charge in [-0.05, 0) is 0 Å². The number of rotatable bonds is 0. The molecule has 0 aromatic carbocycles. The minimum atomic E-state index is -1.71. The van der Waals surface area contributed by atoms with Crippen molar-refractivity contribution < 1.29 is 20.4 Å². The van der Waals surface area contributed by atoms with Crippen LogP contribution in [-0.4, -0.2) is 52.5 Å². The van der Waals surface area contributed by atoms with E-state index in [1.54, 1.807) is 0 Å². The fraction of sp³-hybridized carbons (Fsp3) is 1.00. The van der Waals surface area contributed by atoms with Gasteiger partial charge in [-0.25, -0.2) is 0 Å². The molecule has 11 heavy (non-hydrogen) atoms. The fourth-order valence-electron chi connectivity index (χ4n) is 0.961. The standard InChI is InChI=1S/C5H11NO3.CH4O/c7-4-1-5(8,9)3-6-2-4;1-2/h4,6-9H,1-3H2;2H,1H3/t4-;/m0./s1. The van der Waals surface area contributed by atoms with Crippen molar-refractivity contribution in [3.8, 4) is 0 Å². The summed E-state index contributed by atoms with van der Waals surface area (Å²) < 4.78 is 0. The zero-order valence-electron chi connectivity index (χ0n) is 6.49. The smallest absolute Gasteiger partial charge is 0.177 e. The van der Waals surface area contributed by atoms with Crippen LogP contribution < -0.4 is 5.32 Å². The zero-order chi connectivity index (χ0) is 8.91. The SMILES string of the molecule is CO.O[C@@H]1CNCC(O)(O)C1. The molecule has 0 aromatic rings. The lowest BCUT2D eigenvalue weighted by Crippen LogP contribution is -2.51. The summed E-state index contributed by atoms with van der Waals surface area (Å²) in [7, 11) is 1.00. The molecule has 0 aliphatic carbocycles. The largest absolute Gasteiger partial charge is 0.400 e. The third-order valence-corrected chi connectivity index (χ3v) is 1.35. The maximum Gasteiger partial charge on any atom is 0.177 e. The molecule has 1 aliphatic heterocycles. The van der Waals surface area contributed by atoms with Crippen LogP contribution in [0.3, 0.4) is 0 Å². The molecule has 1 heterocycles. The fourth-order valence-corrected chi connectivity index (χ4v) is 0.961. The van der Waals surface area contributed by atoms with Crippen LogP contribution in [0.2, 0.25) is 0 Å². The third-order valence-electron chi connectivity index (χ3n) is 1.35. The quantitative estimate of drug-likeness (QED) is 0.259. The van der Waals surface area contributed by atoms with Crippen molar-refractivity contribution in [2.75, 3.05) is 20.2 Å². The van der Waals surface area contributed by atoms with Gasteiger partial charge in [0, 0.05) is 26.6 Å². The molecule has 1 atom stereocenters. The first kappa shape index (κ1) is 10.8. The van der Waals surface area contributed by atoms with Gasteiger partial charge in [0.15, 0.2) is 5.79 Å². The lowest BCUT2D eigenvalue weighted by atomic mass is 10.0. The van der Waals surface area contributed by atoms with Crippen LogP contribution in [0, 0.1) is 0 Å². The van der Waals surface area contributed by atoms with Gasteiger partial charge < -0.3 is 25.7 Å². The highest BCUT2D eigenvalue weighted by atomic mass is 16.5. The number of hydrogen-bond donors (Lipinski definition) is 5. The van der Waals surface area contributed by atoms with Crippen LogP contribution in [0.4, 0.5) is 0 Å². The van der Waals surface area contributed by atoms with E-state index in [2.05, 4.69) is 5.32 Å². The summed E-state index contributed by atoms with van der Waals surface area (Å²) in [4.78, 5) is 0. The molecule has 68 valence electrons. The van der Waals surface area contributed by atoms with Gasteiger partial charge in [-0.1, -0.05) is 0 Å². The van der Waals surface area contributed by atoms with Gasteiger partial charge in [0.2, 0.25) is 0 Å². The monoisotopic (exact) mass is 165 g/mol. The maximum atomic E-state index is 8.88. The predicted molar refractivity (Wildman–Crippen MR) is 38.8 cm³/mol. The lowest BCUT2D eigenvalue weighted by Gasteiger charge is -2.30. The summed E-state index contributed by atoms with van der Waals surface area (Å²) >= 11 is 0. The molecule has 5 N–H and O–H groups in total. The molecule has 0 spiro atoms. The van der Waals surface area contributed by atoms with Gasteiger partial charge in [0.05, 0.1) is 6.10 Å². The molecule has 1 fully saturated rings. The van der Waals surface area contributed by atoms with E-state index in [9.17, 15) is 0 Å². The van der Waals surface area contributed by atoms with Crippen molar-refractivity contribution in [2.24, 2.45) is 0 Å². The van der Waals surface area contributed by atoms with E-state index in [-0.39, 0.29) is 13.0 Å². The van der Waals surface area contributed by atoms with E-state index < -0.39 is 11.9 Å². The molecule has 0 radical (unpaired) electrons. The lowest BCUT2D eigenvalue weighted by molar-refractivity contribution is -0.188. The van der Waals surface area contributed by atoms with Crippen molar-refractivity contribution in [2.45, 2.75) is 18.3 Å². The molecule has 1 aliphatic rings. The molecule has 1 saturated heterocycles. The minimum absolute atomic E-state index is 0.0417. The summed E-state index contributed by atoms with van der Waals surface area (Å²) in [6.07, 6.45) is -0.589. The highest BCUT2D eigenvalue weighted by Crippen LogP contribution is 2.11. The van der Waals surface area contributed by atoms with E-state index in [4.69, 9.17) is 20.4 Å². The van der Waals surface area contributed by atoms with Crippen LogP contribution in [0.1, 0.15) is 6.42 Å². The molecular weight excluding hydrogens is 150 g/mol. The Hall–Kier alpha value is -0.200. The van der Waals surface area contributed by atoms with Gasteiger partial charge in [0.1, 0.15) is 0 Å². The van der Waals surface area contributed by atoms with Crippen molar-refractivity contribution in [3.05, 3.63) is 0 Å². The highest BCUT2D eigenvalue weighted by molar-refractivity contribution is 4.79. The Morgan fingerprint density at radius 2 is 1.91 bits per heavy atom. The molecule has 0 unspecified atom stereocenters. The Morgan fingerprint density at radius 3 is 2.18 bits per heavy atom. The van der Waals surface area contributed by atoms with Gasteiger partial charge in [-0.3, -0.25) is 0 Å². The summed E-state index contributed by atoms with van der Waals surface area (Å²) in [5.74, 6) is -1.71. The first-order valence-electron chi connectivity index (χ1n) is 3.38. The second-order valence-corrected chi connectivity index (χ2v) is 2.47. The Morgan fingerprint density at radius 1 is 1.36 bits per heavy atom. The van der Waals surface area contributed by atoms with Crippen LogP contribution in [0.15, 0.2) is 0 Å². The average Bonchev–Trinajstić information content (AvgIpc) is 1.89. The number of aliphatic hydroxyl groups is 4. The number of piperidine rings is 1. The Balaban J connectivity index is 0.000000461. The molecule has 0 bridgehead atoms. The zero-order valence-corrected chi connectivity index (χ0v) is 6.49. The topological polar surface area (TPSA) is 93.0 Å². The minimum Gasteiger partial charge on any atom is -0.400 e. The van der Waals surface area contributed by atoms with Crippen molar-refractivity contribution >= 4 is 0 Å². The molecular formula is C6H15NO4. The second kappa shape index (κ2) is 4.63. The number of nitrogens with one attached hydrogen (secondary N) is 1. The van der Waals surface area contributed by atoms with Gasteiger partial charge >= 0.3 is 0 Å². The van der Waals surface area contributed by atoms with E-state index in [1.807, 2.05) is 0 Å². The van der Waals surface area contributed by atoms with Gasteiger partial charge in [-0.2, -0.15) is 0 Å². The number of hydrogen-bond acceptors (Lipinski definition) is 5. The molecule has 5 heteroatoms. The van der Waals surface area contributed by atoms with E-state index >= 15 is 0 Å². The molecule has 0 amide bonds. The van der Waals surface area contributed by atoms with Crippen LogP contribution in [0.5, 0.6) is 0 Å². The van der Waals surface area contributed by atoms with Crippen LogP contribution >= 0.6 is 0 Å². The van der Waals surface area contributed by atoms with E-state index in [1.165, 1.54) is 0 Å². The van der Waals surface area contributed by atoms with Crippen LogP contribution in [-0.2, 0) is 0 Å². The van der Waals surface area contributed by atoms with Crippen molar-refractivity contribution in [3.63, 3.8) is 0 Å². The number of β-amino-alcohol motifs (C(OH)–C–C–N with tert-alkyl or cyclic N) is 3. The summed E-state index contributed by atoms with van der Waals surface area (Å²) in [5.41, 5.74) is 0.